The minimum Gasteiger partial charge on any atom is -0.242 e. The van der Waals surface area contributed by atoms with Gasteiger partial charge in [-0.15, -0.1) is 11.5 Å². The van der Waals surface area contributed by atoms with Crippen LogP contribution in [0.15, 0.2) is 0 Å². The number of nitrogens with one attached hydrogen (secondary N) is 1. The van der Waals surface area contributed by atoms with Crippen LogP contribution in [0.4, 0.5) is 0 Å². The molecular formula is C17H33NOSSi. The monoisotopic (exact) mass is 327 g/mol. The topological polar surface area (TPSA) is 29.1 Å². The fourth-order valence-electron chi connectivity index (χ4n) is 2.58. The van der Waals surface area contributed by atoms with Crippen LogP contribution in [0.25, 0.3) is 0 Å². The fourth-order valence-corrected chi connectivity index (χ4v) is 4.12. The van der Waals surface area contributed by atoms with E-state index in [4.69, 9.17) is 0 Å². The summed E-state index contributed by atoms with van der Waals surface area (Å²) in [4.78, 5) is 0. The van der Waals surface area contributed by atoms with Crippen LogP contribution in [-0.4, -0.2) is 23.1 Å². The highest BCUT2D eigenvalue weighted by Crippen LogP contribution is 2.28. The molecule has 0 aromatic carbocycles. The van der Waals surface area contributed by atoms with Crippen molar-refractivity contribution in [2.45, 2.75) is 89.7 Å². The van der Waals surface area contributed by atoms with E-state index in [0.717, 1.165) is 6.42 Å². The van der Waals surface area contributed by atoms with E-state index in [2.05, 4.69) is 35.8 Å². The Morgan fingerprint density at radius 1 is 1.19 bits per heavy atom. The van der Waals surface area contributed by atoms with Crippen molar-refractivity contribution in [2.24, 2.45) is 5.92 Å². The molecule has 1 unspecified atom stereocenters. The van der Waals surface area contributed by atoms with Crippen LogP contribution < -0.4 is 4.72 Å². The molecule has 1 aliphatic carbocycles. The smallest absolute Gasteiger partial charge is 0.129 e. The highest BCUT2D eigenvalue weighted by atomic mass is 32.2. The molecule has 1 aliphatic rings. The van der Waals surface area contributed by atoms with Crippen molar-refractivity contribution in [3.8, 4) is 11.5 Å². The molecule has 1 N–H and O–H groups in total. The lowest BCUT2D eigenvalue weighted by molar-refractivity contribution is 0.294. The summed E-state index contributed by atoms with van der Waals surface area (Å²) in [5, 5.41) is 0. The Morgan fingerprint density at radius 2 is 1.76 bits per heavy atom. The Hall–Kier alpha value is -0.113. The van der Waals surface area contributed by atoms with Crippen LogP contribution in [0.1, 0.15) is 59.3 Å². The standard InChI is InChI=1S/C17H33NOSSi/c1-17(2,3)20(19)18-16(13-10-14-21(4,5)6)15-11-8-7-9-12-15/h15-16,18H,7-9,11-13H2,1-6H3/t16-,20?/m0/s1. The second-order valence-corrected chi connectivity index (χ2v) is 15.0. The van der Waals surface area contributed by atoms with Gasteiger partial charge in [-0.05, 0) is 39.5 Å². The van der Waals surface area contributed by atoms with Crippen LogP contribution in [0.2, 0.25) is 19.6 Å². The van der Waals surface area contributed by atoms with Gasteiger partial charge in [0, 0.05) is 12.5 Å². The molecule has 0 aromatic heterocycles. The quantitative estimate of drug-likeness (QED) is 0.607. The molecule has 4 heteroatoms. The molecule has 0 bridgehead atoms. The molecule has 2 atom stereocenters. The zero-order valence-electron chi connectivity index (χ0n) is 14.7. The molecule has 0 amide bonds. The molecule has 2 nitrogen and oxygen atoms in total. The number of rotatable bonds is 4. The van der Waals surface area contributed by atoms with Crippen LogP contribution in [0, 0.1) is 17.4 Å². The Labute approximate surface area is 135 Å². The summed E-state index contributed by atoms with van der Waals surface area (Å²) in [5.74, 6) is 4.03. The Balaban J connectivity index is 2.73. The Bertz CT molecular complexity index is 405. The van der Waals surface area contributed by atoms with Crippen molar-refractivity contribution in [1.82, 2.24) is 4.72 Å². The molecule has 0 saturated heterocycles. The molecule has 0 spiro atoms. The molecule has 0 aromatic rings. The maximum atomic E-state index is 12.4. The molecule has 1 saturated carbocycles. The van der Waals surface area contributed by atoms with E-state index in [-0.39, 0.29) is 10.8 Å². The predicted octanol–water partition coefficient (Wildman–Crippen LogP) is 4.26. The average molecular weight is 328 g/mol. The van der Waals surface area contributed by atoms with Gasteiger partial charge in [0.25, 0.3) is 0 Å². The Kier molecular flexibility index (Phi) is 7.16. The van der Waals surface area contributed by atoms with Gasteiger partial charge >= 0.3 is 0 Å². The fraction of sp³-hybridized carbons (Fsp3) is 0.882. The summed E-state index contributed by atoms with van der Waals surface area (Å²) < 4.78 is 15.6. The third-order valence-corrected chi connectivity index (χ3v) is 6.37. The molecule has 1 rings (SSSR count). The van der Waals surface area contributed by atoms with E-state index >= 15 is 0 Å². The van der Waals surface area contributed by atoms with Crippen molar-refractivity contribution in [1.29, 1.82) is 0 Å². The summed E-state index contributed by atoms with van der Waals surface area (Å²) in [6.07, 6.45) is 7.34. The normalized spacial score (nSPS) is 20.5. The molecule has 21 heavy (non-hydrogen) atoms. The van der Waals surface area contributed by atoms with Gasteiger partial charge < -0.3 is 0 Å². The van der Waals surface area contributed by atoms with Crippen molar-refractivity contribution < 1.29 is 4.21 Å². The summed E-state index contributed by atoms with van der Waals surface area (Å²) in [5.41, 5.74) is 3.45. The highest BCUT2D eigenvalue weighted by Gasteiger charge is 2.28. The molecular weight excluding hydrogens is 294 g/mol. The van der Waals surface area contributed by atoms with Gasteiger partial charge in [-0.3, -0.25) is 0 Å². The van der Waals surface area contributed by atoms with Crippen molar-refractivity contribution in [3.63, 3.8) is 0 Å². The summed E-state index contributed by atoms with van der Waals surface area (Å²) in [7, 11) is -2.31. The minimum atomic E-state index is -1.31. The van der Waals surface area contributed by atoms with E-state index in [1.54, 1.807) is 0 Å². The van der Waals surface area contributed by atoms with Crippen molar-refractivity contribution in [3.05, 3.63) is 0 Å². The van der Waals surface area contributed by atoms with Gasteiger partial charge in [0.05, 0.1) is 15.7 Å². The maximum Gasteiger partial charge on any atom is 0.129 e. The first-order valence-corrected chi connectivity index (χ1v) is 12.9. The van der Waals surface area contributed by atoms with E-state index in [9.17, 15) is 4.21 Å². The Morgan fingerprint density at radius 3 is 2.24 bits per heavy atom. The van der Waals surface area contributed by atoms with E-state index in [1.807, 2.05) is 20.8 Å². The molecule has 122 valence electrons. The van der Waals surface area contributed by atoms with E-state index in [1.165, 1.54) is 32.1 Å². The third kappa shape index (κ3) is 7.62. The second kappa shape index (κ2) is 7.94. The van der Waals surface area contributed by atoms with Crippen LogP contribution in [0.5, 0.6) is 0 Å². The van der Waals surface area contributed by atoms with Gasteiger partial charge in [-0.1, -0.05) is 38.9 Å². The first-order chi connectivity index (χ1) is 9.59. The SMILES string of the molecule is CC(C)(C)S(=O)N[C@@H](CC#C[Si](C)(C)C)C1CCCCC1. The van der Waals surface area contributed by atoms with Gasteiger partial charge in [0.1, 0.15) is 8.07 Å². The summed E-state index contributed by atoms with van der Waals surface area (Å²) >= 11 is 0. The van der Waals surface area contributed by atoms with Crippen LogP contribution >= 0.6 is 0 Å². The van der Waals surface area contributed by atoms with Gasteiger partial charge in [0.15, 0.2) is 0 Å². The molecule has 1 fully saturated rings. The lowest BCUT2D eigenvalue weighted by atomic mass is 9.83. The van der Waals surface area contributed by atoms with Gasteiger partial charge in [-0.25, -0.2) is 8.93 Å². The summed E-state index contributed by atoms with van der Waals surface area (Å²) in [6, 6.07) is 0.286. The third-order valence-electron chi connectivity index (χ3n) is 3.82. The predicted molar refractivity (Wildman–Crippen MR) is 97.1 cm³/mol. The number of hydrogen-bond acceptors (Lipinski definition) is 1. The first kappa shape index (κ1) is 18.9. The maximum absolute atomic E-state index is 12.4. The van der Waals surface area contributed by atoms with Gasteiger partial charge in [-0.2, -0.15) is 0 Å². The van der Waals surface area contributed by atoms with Crippen LogP contribution in [0.3, 0.4) is 0 Å². The zero-order valence-corrected chi connectivity index (χ0v) is 16.5. The van der Waals surface area contributed by atoms with Crippen molar-refractivity contribution in [2.75, 3.05) is 0 Å². The molecule has 0 aliphatic heterocycles. The van der Waals surface area contributed by atoms with E-state index in [0.29, 0.717) is 5.92 Å². The lowest BCUT2D eigenvalue weighted by Crippen LogP contribution is -2.44. The highest BCUT2D eigenvalue weighted by molar-refractivity contribution is 7.84. The minimum absolute atomic E-state index is 0.209. The zero-order chi connectivity index (χ0) is 16.1. The van der Waals surface area contributed by atoms with Gasteiger partial charge in [0.2, 0.25) is 0 Å². The molecule has 0 radical (unpaired) electrons. The average Bonchev–Trinajstić information content (AvgIpc) is 2.36. The number of hydrogen-bond donors (Lipinski definition) is 1. The lowest BCUT2D eigenvalue weighted by Gasteiger charge is -2.31. The second-order valence-electron chi connectivity index (χ2n) is 8.26. The first-order valence-electron chi connectivity index (χ1n) is 8.28. The van der Waals surface area contributed by atoms with Crippen LogP contribution in [-0.2, 0) is 11.0 Å². The van der Waals surface area contributed by atoms with E-state index < -0.39 is 19.1 Å². The van der Waals surface area contributed by atoms with Crippen molar-refractivity contribution >= 4 is 19.1 Å². The molecule has 0 heterocycles. The summed E-state index contributed by atoms with van der Waals surface area (Å²) in [6.45, 7) is 12.9. The largest absolute Gasteiger partial charge is 0.242 e.